The van der Waals surface area contributed by atoms with Gasteiger partial charge in [0.25, 0.3) is 0 Å². The first-order valence-electron chi connectivity index (χ1n) is 7.36. The van der Waals surface area contributed by atoms with Crippen molar-refractivity contribution in [3.05, 3.63) is 34.6 Å². The van der Waals surface area contributed by atoms with E-state index in [1.807, 2.05) is 0 Å². The molecule has 1 aliphatic rings. The molecule has 0 spiro atoms. The fraction of sp³-hybridized carbons (Fsp3) is 0.625. The Morgan fingerprint density at radius 3 is 2.63 bits per heavy atom. The summed E-state index contributed by atoms with van der Waals surface area (Å²) in [5.74, 6) is 0.591. The van der Waals surface area contributed by atoms with Gasteiger partial charge in [-0.1, -0.05) is 37.4 Å². The highest BCUT2D eigenvalue weighted by atomic mass is 35.5. The lowest BCUT2D eigenvalue weighted by Crippen LogP contribution is -2.32. The second kappa shape index (κ2) is 7.25. The molecule has 1 nitrogen and oxygen atoms in total. The summed E-state index contributed by atoms with van der Waals surface area (Å²) < 4.78 is 13.1. The molecule has 3 heteroatoms. The highest BCUT2D eigenvalue weighted by Gasteiger charge is 2.19. The Hall–Kier alpha value is -0.600. The summed E-state index contributed by atoms with van der Waals surface area (Å²) in [5, 5.41) is 3.78. The normalized spacial score (nSPS) is 23.5. The van der Waals surface area contributed by atoms with Crippen LogP contribution in [0.3, 0.4) is 0 Å². The number of benzene rings is 1. The summed E-state index contributed by atoms with van der Waals surface area (Å²) in [6.45, 7) is 3.05. The predicted octanol–water partition coefficient (Wildman–Crippen LogP) is 4.93. The molecular formula is C16H23ClFN. The molecule has 0 unspecified atom stereocenters. The monoisotopic (exact) mass is 283 g/mol. The SMILES string of the molecule is CCCC1CCC(NCc2ccc(F)c(Cl)c2)CC1. The van der Waals surface area contributed by atoms with Crippen LogP contribution in [0.5, 0.6) is 0 Å². The third-order valence-corrected chi connectivity index (χ3v) is 4.41. The molecule has 0 aromatic heterocycles. The maximum atomic E-state index is 13.1. The van der Waals surface area contributed by atoms with E-state index in [-0.39, 0.29) is 10.8 Å². The third-order valence-electron chi connectivity index (χ3n) is 4.12. The minimum Gasteiger partial charge on any atom is -0.310 e. The maximum Gasteiger partial charge on any atom is 0.141 e. The zero-order valence-electron chi connectivity index (χ0n) is 11.6. The highest BCUT2D eigenvalue weighted by Crippen LogP contribution is 2.28. The molecule has 0 saturated heterocycles. The molecule has 1 aromatic carbocycles. The van der Waals surface area contributed by atoms with Gasteiger partial charge in [0.1, 0.15) is 5.82 Å². The standard InChI is InChI=1S/C16H23ClFN/c1-2-3-12-4-7-14(8-5-12)19-11-13-6-9-16(18)15(17)10-13/h6,9-10,12,14,19H,2-5,7-8,11H2,1H3. The Labute approximate surface area is 120 Å². The van der Waals surface area contributed by atoms with E-state index in [1.165, 1.54) is 44.6 Å². The summed E-state index contributed by atoms with van der Waals surface area (Å²) in [4.78, 5) is 0. The molecule has 2 rings (SSSR count). The predicted molar refractivity (Wildman–Crippen MR) is 78.9 cm³/mol. The number of nitrogens with one attached hydrogen (secondary N) is 1. The summed E-state index contributed by atoms with van der Waals surface area (Å²) in [5.41, 5.74) is 1.06. The van der Waals surface area contributed by atoms with Gasteiger partial charge in [-0.2, -0.15) is 0 Å². The summed E-state index contributed by atoms with van der Waals surface area (Å²) in [6, 6.07) is 5.57. The lowest BCUT2D eigenvalue weighted by molar-refractivity contribution is 0.277. The average Bonchev–Trinajstić information content (AvgIpc) is 2.42. The fourth-order valence-corrected chi connectivity index (χ4v) is 3.18. The number of hydrogen-bond acceptors (Lipinski definition) is 1. The molecule has 0 bridgehead atoms. The van der Waals surface area contributed by atoms with Crippen LogP contribution >= 0.6 is 11.6 Å². The first-order chi connectivity index (χ1) is 9.19. The van der Waals surface area contributed by atoms with Crippen molar-refractivity contribution >= 4 is 11.6 Å². The first kappa shape index (κ1) is 14.8. The molecule has 1 aromatic rings. The molecule has 19 heavy (non-hydrogen) atoms. The van der Waals surface area contributed by atoms with Crippen LogP contribution in [0.25, 0.3) is 0 Å². The molecular weight excluding hydrogens is 261 g/mol. The van der Waals surface area contributed by atoms with Crippen molar-refractivity contribution in [2.45, 2.75) is 58.0 Å². The molecule has 0 atom stereocenters. The van der Waals surface area contributed by atoms with Gasteiger partial charge in [-0.05, 0) is 49.3 Å². The van der Waals surface area contributed by atoms with Crippen molar-refractivity contribution in [2.75, 3.05) is 0 Å². The lowest BCUT2D eigenvalue weighted by Gasteiger charge is -2.29. The van der Waals surface area contributed by atoms with Gasteiger partial charge in [-0.3, -0.25) is 0 Å². The largest absolute Gasteiger partial charge is 0.310 e. The Bertz CT molecular complexity index is 400. The second-order valence-corrected chi connectivity index (χ2v) is 6.04. The molecule has 1 fully saturated rings. The third kappa shape index (κ3) is 4.47. The average molecular weight is 284 g/mol. The van der Waals surface area contributed by atoms with Crippen molar-refractivity contribution in [1.29, 1.82) is 0 Å². The first-order valence-corrected chi connectivity index (χ1v) is 7.74. The minimum absolute atomic E-state index is 0.214. The van der Waals surface area contributed by atoms with Gasteiger partial charge >= 0.3 is 0 Å². The van der Waals surface area contributed by atoms with E-state index in [1.54, 1.807) is 12.1 Å². The van der Waals surface area contributed by atoms with E-state index in [0.717, 1.165) is 18.0 Å². The minimum atomic E-state index is -0.342. The zero-order valence-corrected chi connectivity index (χ0v) is 12.3. The van der Waals surface area contributed by atoms with Crippen LogP contribution in [-0.4, -0.2) is 6.04 Å². The van der Waals surface area contributed by atoms with Gasteiger partial charge in [-0.25, -0.2) is 4.39 Å². The molecule has 1 saturated carbocycles. The van der Waals surface area contributed by atoms with Crippen LogP contribution in [0.15, 0.2) is 18.2 Å². The maximum absolute atomic E-state index is 13.1. The Morgan fingerprint density at radius 1 is 1.26 bits per heavy atom. The van der Waals surface area contributed by atoms with E-state index in [0.29, 0.717) is 6.04 Å². The highest BCUT2D eigenvalue weighted by molar-refractivity contribution is 6.30. The summed E-state index contributed by atoms with van der Waals surface area (Å²) in [7, 11) is 0. The smallest absolute Gasteiger partial charge is 0.141 e. The van der Waals surface area contributed by atoms with Gasteiger partial charge in [-0.15, -0.1) is 0 Å². The van der Waals surface area contributed by atoms with Gasteiger partial charge in [0.15, 0.2) is 0 Å². The van der Waals surface area contributed by atoms with Crippen LogP contribution in [-0.2, 0) is 6.54 Å². The van der Waals surface area contributed by atoms with Gasteiger partial charge in [0.2, 0.25) is 0 Å². The van der Waals surface area contributed by atoms with Gasteiger partial charge in [0, 0.05) is 12.6 Å². The van der Waals surface area contributed by atoms with Crippen molar-refractivity contribution in [2.24, 2.45) is 5.92 Å². The van der Waals surface area contributed by atoms with E-state index in [4.69, 9.17) is 11.6 Å². The molecule has 0 heterocycles. The van der Waals surface area contributed by atoms with Crippen molar-refractivity contribution in [1.82, 2.24) is 5.32 Å². The lowest BCUT2D eigenvalue weighted by atomic mass is 9.83. The Morgan fingerprint density at radius 2 is 2.00 bits per heavy atom. The summed E-state index contributed by atoms with van der Waals surface area (Å²) in [6.07, 6.45) is 7.89. The zero-order chi connectivity index (χ0) is 13.7. The fourth-order valence-electron chi connectivity index (χ4n) is 2.98. The number of halogens is 2. The van der Waals surface area contributed by atoms with Gasteiger partial charge < -0.3 is 5.32 Å². The molecule has 1 aliphatic carbocycles. The van der Waals surface area contributed by atoms with E-state index in [9.17, 15) is 4.39 Å². The number of rotatable bonds is 5. The van der Waals surface area contributed by atoms with Crippen LogP contribution in [0.1, 0.15) is 51.0 Å². The van der Waals surface area contributed by atoms with E-state index in [2.05, 4.69) is 12.2 Å². The molecule has 0 amide bonds. The molecule has 0 radical (unpaired) electrons. The van der Waals surface area contributed by atoms with Crippen molar-refractivity contribution in [3.8, 4) is 0 Å². The van der Waals surface area contributed by atoms with E-state index >= 15 is 0 Å². The van der Waals surface area contributed by atoms with Crippen LogP contribution < -0.4 is 5.32 Å². The quantitative estimate of drug-likeness (QED) is 0.808. The summed E-state index contributed by atoms with van der Waals surface area (Å²) >= 11 is 5.79. The molecule has 1 N–H and O–H groups in total. The van der Waals surface area contributed by atoms with Crippen molar-refractivity contribution < 1.29 is 4.39 Å². The second-order valence-electron chi connectivity index (χ2n) is 5.64. The molecule has 106 valence electrons. The topological polar surface area (TPSA) is 12.0 Å². The number of hydrogen-bond donors (Lipinski definition) is 1. The van der Waals surface area contributed by atoms with Crippen molar-refractivity contribution in [3.63, 3.8) is 0 Å². The van der Waals surface area contributed by atoms with Crippen LogP contribution in [0.4, 0.5) is 4.39 Å². The van der Waals surface area contributed by atoms with Gasteiger partial charge in [0.05, 0.1) is 5.02 Å². The molecule has 0 aliphatic heterocycles. The Kier molecular flexibility index (Phi) is 5.65. The Balaban J connectivity index is 1.75. The van der Waals surface area contributed by atoms with Crippen LogP contribution in [0, 0.1) is 11.7 Å². The van der Waals surface area contributed by atoms with Crippen LogP contribution in [0.2, 0.25) is 5.02 Å². The van der Waals surface area contributed by atoms with E-state index < -0.39 is 0 Å².